The first-order chi connectivity index (χ1) is 9.76. The highest BCUT2D eigenvalue weighted by atomic mass is 16.7. The largest absolute Gasteiger partial charge is 0.453 e. The standard InChI is InChI=1S/C16H18O4/c1-2-14(17)20-15-12(8-11-6-4-3-5-7-11)9-13-10-18-16(15)19-13/h2-7,12-13,15-16H,1,8-10H2/t12-,13+,15+,16-/m1/s1. The SMILES string of the molecule is C=CC(=O)O[C@H]1[C@H](Cc2ccccc2)C[C@H]2CO[C@@H]1O2. The smallest absolute Gasteiger partial charge is 0.330 e. The van der Waals surface area contributed by atoms with Gasteiger partial charge < -0.3 is 14.2 Å². The zero-order chi connectivity index (χ0) is 13.9. The summed E-state index contributed by atoms with van der Waals surface area (Å²) in [6.45, 7) is 4.02. The Balaban J connectivity index is 1.75. The predicted octanol–water partition coefficient (Wildman–Crippen LogP) is 2.09. The number of esters is 1. The predicted molar refractivity (Wildman–Crippen MR) is 72.9 cm³/mol. The van der Waals surface area contributed by atoms with Gasteiger partial charge in [0.25, 0.3) is 0 Å². The van der Waals surface area contributed by atoms with E-state index >= 15 is 0 Å². The number of fused-ring (bicyclic) bond motifs is 2. The zero-order valence-corrected chi connectivity index (χ0v) is 11.2. The first-order valence-electron chi connectivity index (χ1n) is 6.90. The second kappa shape index (κ2) is 5.77. The minimum Gasteiger partial charge on any atom is -0.453 e. The molecule has 2 aliphatic rings. The lowest BCUT2D eigenvalue weighted by atomic mass is 9.87. The van der Waals surface area contributed by atoms with Crippen LogP contribution in [-0.2, 0) is 25.4 Å². The van der Waals surface area contributed by atoms with Crippen molar-refractivity contribution >= 4 is 5.97 Å². The van der Waals surface area contributed by atoms with Crippen molar-refractivity contribution in [2.75, 3.05) is 6.61 Å². The van der Waals surface area contributed by atoms with Crippen molar-refractivity contribution in [2.45, 2.75) is 31.3 Å². The average Bonchev–Trinajstić information content (AvgIpc) is 2.87. The molecular weight excluding hydrogens is 256 g/mol. The maximum Gasteiger partial charge on any atom is 0.330 e. The number of benzene rings is 1. The van der Waals surface area contributed by atoms with E-state index in [1.165, 1.54) is 11.6 Å². The van der Waals surface area contributed by atoms with Gasteiger partial charge in [0.2, 0.25) is 0 Å². The number of carbonyl (C=O) groups excluding carboxylic acids is 1. The molecule has 0 amide bonds. The molecule has 1 aromatic carbocycles. The minimum absolute atomic E-state index is 0.118. The molecule has 2 bridgehead atoms. The van der Waals surface area contributed by atoms with Crippen LogP contribution in [0.3, 0.4) is 0 Å². The van der Waals surface area contributed by atoms with Crippen LogP contribution in [0.5, 0.6) is 0 Å². The van der Waals surface area contributed by atoms with E-state index in [9.17, 15) is 4.79 Å². The Hall–Kier alpha value is -1.65. The van der Waals surface area contributed by atoms with Crippen molar-refractivity contribution in [3.8, 4) is 0 Å². The Morgan fingerprint density at radius 3 is 2.95 bits per heavy atom. The van der Waals surface area contributed by atoms with Gasteiger partial charge in [-0.25, -0.2) is 4.79 Å². The lowest BCUT2D eigenvalue weighted by Gasteiger charge is -2.34. The number of carbonyl (C=O) groups is 1. The molecule has 2 saturated heterocycles. The second-order valence-corrected chi connectivity index (χ2v) is 5.25. The summed E-state index contributed by atoms with van der Waals surface area (Å²) in [4.78, 5) is 11.5. The molecule has 4 nitrogen and oxygen atoms in total. The van der Waals surface area contributed by atoms with E-state index in [0.717, 1.165) is 12.8 Å². The molecule has 0 unspecified atom stereocenters. The molecule has 20 heavy (non-hydrogen) atoms. The molecule has 0 N–H and O–H groups in total. The Bertz CT molecular complexity index is 485. The molecule has 4 atom stereocenters. The first-order valence-corrected chi connectivity index (χ1v) is 6.90. The van der Waals surface area contributed by atoms with Crippen molar-refractivity contribution < 1.29 is 19.0 Å². The fourth-order valence-corrected chi connectivity index (χ4v) is 2.91. The highest BCUT2D eigenvalue weighted by Crippen LogP contribution is 2.35. The van der Waals surface area contributed by atoms with Gasteiger partial charge in [-0.3, -0.25) is 0 Å². The van der Waals surface area contributed by atoms with Crippen molar-refractivity contribution in [3.63, 3.8) is 0 Å². The Morgan fingerprint density at radius 1 is 1.40 bits per heavy atom. The molecule has 3 rings (SSSR count). The maximum absolute atomic E-state index is 11.5. The van der Waals surface area contributed by atoms with Crippen LogP contribution in [0, 0.1) is 5.92 Å². The monoisotopic (exact) mass is 274 g/mol. The van der Waals surface area contributed by atoms with Crippen LogP contribution in [-0.4, -0.2) is 31.1 Å². The minimum atomic E-state index is -0.439. The van der Waals surface area contributed by atoms with E-state index in [2.05, 4.69) is 18.7 Å². The fraction of sp³-hybridized carbons (Fsp3) is 0.438. The maximum atomic E-state index is 11.5. The molecule has 0 aromatic heterocycles. The van der Waals surface area contributed by atoms with Gasteiger partial charge in [-0.2, -0.15) is 0 Å². The van der Waals surface area contributed by atoms with Crippen molar-refractivity contribution in [1.82, 2.24) is 0 Å². The van der Waals surface area contributed by atoms with Gasteiger partial charge in [0.1, 0.15) is 0 Å². The molecular formula is C16H18O4. The highest BCUT2D eigenvalue weighted by molar-refractivity contribution is 5.81. The molecule has 2 fully saturated rings. The topological polar surface area (TPSA) is 44.8 Å². The van der Waals surface area contributed by atoms with Gasteiger partial charge in [0.05, 0.1) is 12.7 Å². The van der Waals surface area contributed by atoms with E-state index in [0.29, 0.717) is 6.61 Å². The molecule has 0 radical (unpaired) electrons. The van der Waals surface area contributed by atoms with Gasteiger partial charge >= 0.3 is 5.97 Å². The number of ether oxygens (including phenoxy) is 3. The lowest BCUT2D eigenvalue weighted by molar-refractivity contribution is -0.198. The van der Waals surface area contributed by atoms with Gasteiger partial charge in [-0.05, 0) is 18.4 Å². The number of hydrogen-bond acceptors (Lipinski definition) is 4. The zero-order valence-electron chi connectivity index (χ0n) is 11.2. The second-order valence-electron chi connectivity index (χ2n) is 5.25. The van der Waals surface area contributed by atoms with Gasteiger partial charge in [-0.1, -0.05) is 36.9 Å². The lowest BCUT2D eigenvalue weighted by Crippen LogP contribution is -2.44. The van der Waals surface area contributed by atoms with Crippen LogP contribution < -0.4 is 0 Å². The summed E-state index contributed by atoms with van der Waals surface area (Å²) < 4.78 is 16.7. The molecule has 106 valence electrons. The third-order valence-corrected chi connectivity index (χ3v) is 3.83. The summed E-state index contributed by atoms with van der Waals surface area (Å²) in [6, 6.07) is 10.2. The average molecular weight is 274 g/mol. The normalized spacial score (nSPS) is 31.8. The summed E-state index contributed by atoms with van der Waals surface area (Å²) in [5.41, 5.74) is 1.23. The molecule has 0 spiro atoms. The van der Waals surface area contributed by atoms with E-state index in [1.54, 1.807) is 0 Å². The first kappa shape index (κ1) is 13.3. The quantitative estimate of drug-likeness (QED) is 0.623. The molecule has 1 aromatic rings. The Kier molecular flexibility index (Phi) is 3.85. The van der Waals surface area contributed by atoms with Crippen LogP contribution in [0.4, 0.5) is 0 Å². The van der Waals surface area contributed by atoms with Gasteiger partial charge in [0.15, 0.2) is 12.4 Å². The summed E-state index contributed by atoms with van der Waals surface area (Å²) in [6.07, 6.45) is 2.20. The highest BCUT2D eigenvalue weighted by Gasteiger charge is 2.46. The van der Waals surface area contributed by atoms with Crippen LogP contribution in [0.15, 0.2) is 43.0 Å². The molecule has 0 aliphatic carbocycles. The summed E-state index contributed by atoms with van der Waals surface area (Å²) in [7, 11) is 0. The summed E-state index contributed by atoms with van der Waals surface area (Å²) in [5.74, 6) is -0.210. The van der Waals surface area contributed by atoms with Crippen LogP contribution in [0.2, 0.25) is 0 Å². The molecule has 4 heteroatoms. The van der Waals surface area contributed by atoms with Crippen molar-refractivity contribution in [2.24, 2.45) is 5.92 Å². The van der Waals surface area contributed by atoms with Crippen LogP contribution in [0.25, 0.3) is 0 Å². The third kappa shape index (κ3) is 2.76. The van der Waals surface area contributed by atoms with Crippen LogP contribution in [0.1, 0.15) is 12.0 Å². The van der Waals surface area contributed by atoms with E-state index in [-0.39, 0.29) is 18.1 Å². The van der Waals surface area contributed by atoms with Crippen molar-refractivity contribution in [3.05, 3.63) is 48.6 Å². The number of hydrogen-bond donors (Lipinski definition) is 0. The van der Waals surface area contributed by atoms with Crippen molar-refractivity contribution in [1.29, 1.82) is 0 Å². The number of rotatable bonds is 4. The van der Waals surface area contributed by atoms with E-state index in [4.69, 9.17) is 14.2 Å². The van der Waals surface area contributed by atoms with Crippen LogP contribution >= 0.6 is 0 Å². The third-order valence-electron chi connectivity index (χ3n) is 3.83. The van der Waals surface area contributed by atoms with E-state index < -0.39 is 12.3 Å². The Labute approximate surface area is 118 Å². The summed E-state index contributed by atoms with van der Waals surface area (Å²) >= 11 is 0. The molecule has 0 saturated carbocycles. The summed E-state index contributed by atoms with van der Waals surface area (Å²) in [5, 5.41) is 0. The van der Waals surface area contributed by atoms with Gasteiger partial charge in [-0.15, -0.1) is 0 Å². The Morgan fingerprint density at radius 2 is 2.20 bits per heavy atom. The molecule has 2 heterocycles. The van der Waals surface area contributed by atoms with E-state index in [1.807, 2.05) is 18.2 Å². The molecule has 2 aliphatic heterocycles. The van der Waals surface area contributed by atoms with Gasteiger partial charge in [0, 0.05) is 12.0 Å². The fourth-order valence-electron chi connectivity index (χ4n) is 2.91.